The van der Waals surface area contributed by atoms with Crippen molar-refractivity contribution in [2.45, 2.75) is 45.3 Å². The Morgan fingerprint density at radius 1 is 0.944 bits per heavy atom. The highest BCUT2D eigenvalue weighted by Crippen LogP contribution is 2.52. The van der Waals surface area contributed by atoms with E-state index in [-0.39, 0.29) is 6.42 Å². The Morgan fingerprint density at radius 3 is 1.61 bits per heavy atom. The number of rotatable bonds is 9. The molecule has 0 aliphatic carbocycles. The Kier molecular flexibility index (Phi) is 7.89. The standard InChI is InChI=1S/C8H13F6O3P/c1-2-3-4-18(15,16-7(13)5(9)10)17-8(14)6(11)12/h5-8H,2-4H2,1H3. The number of unbranched alkanes of at least 4 members (excludes halogenated alkanes) is 1. The molecule has 0 aromatic rings. The lowest BCUT2D eigenvalue weighted by atomic mass is 10.4. The summed E-state index contributed by atoms with van der Waals surface area (Å²) in [5, 5.41) is 0. The number of halogens is 6. The van der Waals surface area contributed by atoms with Gasteiger partial charge in [-0.2, -0.15) is 0 Å². The van der Waals surface area contributed by atoms with Crippen molar-refractivity contribution < 1.29 is 40.0 Å². The lowest BCUT2D eigenvalue weighted by Crippen LogP contribution is -2.21. The van der Waals surface area contributed by atoms with Crippen LogP contribution in [0.1, 0.15) is 19.8 Å². The fraction of sp³-hybridized carbons (Fsp3) is 1.00. The van der Waals surface area contributed by atoms with Crippen LogP contribution < -0.4 is 0 Å². The predicted octanol–water partition coefficient (Wildman–Crippen LogP) is 4.13. The second-order valence-corrected chi connectivity index (χ2v) is 5.36. The molecule has 0 saturated carbocycles. The molecule has 0 fully saturated rings. The molecule has 110 valence electrons. The Morgan fingerprint density at radius 2 is 1.33 bits per heavy atom. The molecular formula is C8H13F6O3P. The second-order valence-electron chi connectivity index (χ2n) is 3.27. The van der Waals surface area contributed by atoms with E-state index in [1.165, 1.54) is 0 Å². The summed E-state index contributed by atoms with van der Waals surface area (Å²) in [6, 6.07) is 0. The maximum Gasteiger partial charge on any atom is 0.336 e. The van der Waals surface area contributed by atoms with Gasteiger partial charge in [-0.3, -0.25) is 13.6 Å². The molecule has 2 unspecified atom stereocenters. The van der Waals surface area contributed by atoms with Gasteiger partial charge in [0, 0.05) is 0 Å². The highest BCUT2D eigenvalue weighted by molar-refractivity contribution is 7.53. The topological polar surface area (TPSA) is 35.5 Å². The van der Waals surface area contributed by atoms with Crippen LogP contribution in [0, 0.1) is 0 Å². The van der Waals surface area contributed by atoms with Gasteiger partial charge >= 0.3 is 7.60 Å². The minimum atomic E-state index is -4.67. The van der Waals surface area contributed by atoms with Crippen molar-refractivity contribution in [1.29, 1.82) is 0 Å². The zero-order valence-electron chi connectivity index (χ0n) is 9.37. The fourth-order valence-corrected chi connectivity index (χ4v) is 2.64. The van der Waals surface area contributed by atoms with Crippen molar-refractivity contribution in [3.8, 4) is 0 Å². The van der Waals surface area contributed by atoms with Crippen LogP contribution in [0.15, 0.2) is 0 Å². The van der Waals surface area contributed by atoms with E-state index in [9.17, 15) is 30.9 Å². The number of hydrogen-bond acceptors (Lipinski definition) is 3. The summed E-state index contributed by atoms with van der Waals surface area (Å²) in [4.78, 5) is 0. The molecule has 0 rings (SSSR count). The van der Waals surface area contributed by atoms with E-state index in [0.29, 0.717) is 6.42 Å². The van der Waals surface area contributed by atoms with Crippen molar-refractivity contribution in [3.63, 3.8) is 0 Å². The number of hydrogen-bond donors (Lipinski definition) is 0. The molecule has 0 aromatic carbocycles. The third-order valence-electron chi connectivity index (χ3n) is 1.70. The molecule has 3 nitrogen and oxygen atoms in total. The summed E-state index contributed by atoms with van der Waals surface area (Å²) in [5.74, 6) is 0. The Hall–Kier alpha value is -0.270. The van der Waals surface area contributed by atoms with Crippen LogP contribution in [0.25, 0.3) is 0 Å². The molecule has 0 aliphatic heterocycles. The summed E-state index contributed by atoms with van der Waals surface area (Å²) >= 11 is 0. The Bertz CT molecular complexity index is 258. The highest BCUT2D eigenvalue weighted by Gasteiger charge is 2.37. The smallest absolute Gasteiger partial charge is 0.267 e. The first kappa shape index (κ1) is 17.7. The molecule has 0 saturated heterocycles. The maximum absolute atomic E-state index is 12.6. The monoisotopic (exact) mass is 302 g/mol. The molecule has 0 bridgehead atoms. The SMILES string of the molecule is CCCCP(=O)(OC(F)C(F)F)OC(F)C(F)F. The van der Waals surface area contributed by atoms with E-state index in [2.05, 4.69) is 9.05 Å². The quantitative estimate of drug-likeness (QED) is 0.474. The van der Waals surface area contributed by atoms with Crippen LogP contribution in [0.4, 0.5) is 26.3 Å². The fourth-order valence-electron chi connectivity index (χ4n) is 0.881. The highest BCUT2D eigenvalue weighted by atomic mass is 31.2. The molecule has 0 spiro atoms. The van der Waals surface area contributed by atoms with Crippen molar-refractivity contribution in [1.82, 2.24) is 0 Å². The van der Waals surface area contributed by atoms with Crippen LogP contribution in [-0.2, 0) is 13.6 Å². The number of alkyl halides is 6. The van der Waals surface area contributed by atoms with E-state index < -0.39 is 39.3 Å². The average Bonchev–Trinajstić information content (AvgIpc) is 2.25. The van der Waals surface area contributed by atoms with Crippen LogP contribution in [0.3, 0.4) is 0 Å². The zero-order valence-corrected chi connectivity index (χ0v) is 10.3. The summed E-state index contributed by atoms with van der Waals surface area (Å²) < 4.78 is 91.7. The minimum Gasteiger partial charge on any atom is -0.267 e. The molecule has 10 heteroatoms. The van der Waals surface area contributed by atoms with E-state index in [1.807, 2.05) is 0 Å². The van der Waals surface area contributed by atoms with E-state index in [1.54, 1.807) is 6.92 Å². The van der Waals surface area contributed by atoms with Crippen LogP contribution in [0.5, 0.6) is 0 Å². The van der Waals surface area contributed by atoms with E-state index in [0.717, 1.165) is 0 Å². The molecule has 18 heavy (non-hydrogen) atoms. The van der Waals surface area contributed by atoms with Crippen molar-refractivity contribution in [2.24, 2.45) is 0 Å². The minimum absolute atomic E-state index is 0.0587. The third-order valence-corrected chi connectivity index (χ3v) is 3.61. The summed E-state index contributed by atoms with van der Waals surface area (Å²) in [6.07, 6.45) is -14.0. The molecule has 0 N–H and O–H groups in total. The second kappa shape index (κ2) is 8.01. The van der Waals surface area contributed by atoms with Crippen LogP contribution in [-0.4, -0.2) is 31.7 Å². The molecule has 0 aromatic heterocycles. The van der Waals surface area contributed by atoms with E-state index >= 15 is 0 Å². The molecule has 0 radical (unpaired) electrons. The van der Waals surface area contributed by atoms with Gasteiger partial charge in [-0.15, -0.1) is 0 Å². The zero-order chi connectivity index (χ0) is 14.3. The summed E-state index contributed by atoms with van der Waals surface area (Å²) in [7, 11) is -4.67. The van der Waals surface area contributed by atoms with Gasteiger partial charge in [0.15, 0.2) is 0 Å². The first-order valence-electron chi connectivity index (χ1n) is 5.02. The summed E-state index contributed by atoms with van der Waals surface area (Å²) in [6.45, 7) is 1.60. The predicted molar refractivity (Wildman–Crippen MR) is 51.4 cm³/mol. The Labute approximate surface area is 100.0 Å². The molecule has 0 amide bonds. The molecule has 2 atom stereocenters. The third kappa shape index (κ3) is 6.61. The van der Waals surface area contributed by atoms with Gasteiger partial charge in [0.1, 0.15) is 0 Å². The molecule has 0 aliphatic rings. The first-order chi connectivity index (χ1) is 8.22. The van der Waals surface area contributed by atoms with Crippen molar-refractivity contribution in [2.75, 3.05) is 6.16 Å². The average molecular weight is 302 g/mol. The van der Waals surface area contributed by atoms with E-state index in [4.69, 9.17) is 0 Å². The summed E-state index contributed by atoms with van der Waals surface area (Å²) in [5.41, 5.74) is 0. The maximum atomic E-state index is 12.6. The van der Waals surface area contributed by atoms with Crippen molar-refractivity contribution >= 4 is 7.60 Å². The van der Waals surface area contributed by atoms with Crippen molar-refractivity contribution in [3.05, 3.63) is 0 Å². The molecule has 0 heterocycles. The lowest BCUT2D eigenvalue weighted by Gasteiger charge is -2.21. The van der Waals surface area contributed by atoms with Gasteiger partial charge in [-0.25, -0.2) is 26.3 Å². The van der Waals surface area contributed by atoms with Crippen LogP contribution in [0.2, 0.25) is 0 Å². The molecular weight excluding hydrogens is 289 g/mol. The van der Waals surface area contributed by atoms with Gasteiger partial charge in [0.2, 0.25) is 0 Å². The van der Waals surface area contributed by atoms with Gasteiger partial charge < -0.3 is 0 Å². The van der Waals surface area contributed by atoms with Gasteiger partial charge in [-0.05, 0) is 6.42 Å². The van der Waals surface area contributed by atoms with Crippen LogP contribution >= 0.6 is 7.60 Å². The largest absolute Gasteiger partial charge is 0.336 e. The van der Waals surface area contributed by atoms with Gasteiger partial charge in [0.05, 0.1) is 6.16 Å². The first-order valence-corrected chi connectivity index (χ1v) is 6.75. The van der Waals surface area contributed by atoms with Gasteiger partial charge in [0.25, 0.3) is 25.6 Å². The normalized spacial score (nSPS) is 18.9. The van der Waals surface area contributed by atoms with Gasteiger partial charge in [-0.1, -0.05) is 13.3 Å². The lowest BCUT2D eigenvalue weighted by molar-refractivity contribution is -0.104. The Balaban J connectivity index is 4.66.